The van der Waals surface area contributed by atoms with Gasteiger partial charge in [0.05, 0.1) is 24.8 Å². The molecule has 8 nitrogen and oxygen atoms in total. The molecule has 0 aliphatic rings. The van der Waals surface area contributed by atoms with E-state index in [9.17, 15) is 4.79 Å². The summed E-state index contributed by atoms with van der Waals surface area (Å²) in [6.45, 7) is 7.80. The number of nitrogens with zero attached hydrogens (tertiary/aromatic N) is 5. The molecule has 0 N–H and O–H groups in total. The van der Waals surface area contributed by atoms with E-state index in [4.69, 9.17) is 9.47 Å². The van der Waals surface area contributed by atoms with Crippen LogP contribution in [-0.4, -0.2) is 40.7 Å². The molecule has 4 aromatic rings. The molecule has 0 fully saturated rings. The molecule has 2 aromatic carbocycles. The van der Waals surface area contributed by atoms with Crippen molar-refractivity contribution in [3.8, 4) is 22.6 Å². The quantitative estimate of drug-likeness (QED) is 0.316. The van der Waals surface area contributed by atoms with Gasteiger partial charge in [0.15, 0.2) is 5.90 Å². The molecule has 0 spiro atoms. The zero-order valence-corrected chi connectivity index (χ0v) is 19.1. The van der Waals surface area contributed by atoms with Crippen LogP contribution in [0.25, 0.3) is 27.7 Å². The largest absolute Gasteiger partial charge is 0.497 e. The van der Waals surface area contributed by atoms with E-state index in [-0.39, 0.29) is 5.56 Å². The molecular formula is C25H25N5O3. The standard InChI is InChI=1S/C25H25N5O3/c1-6-33-16(2)27-24-22(26-3)15-30(19-9-12-21-18(13-19)14-29(4)28-21)25(31)23(24)17-7-10-20(32-5)11-8-17/h7-15H,3,6H2,1-2,4-5H3. The molecule has 8 heteroatoms. The topological polar surface area (TPSA) is 83.0 Å². The van der Waals surface area contributed by atoms with Crippen LogP contribution < -0.4 is 10.3 Å². The van der Waals surface area contributed by atoms with Gasteiger partial charge < -0.3 is 9.47 Å². The Labute approximate surface area is 191 Å². The van der Waals surface area contributed by atoms with Crippen molar-refractivity contribution in [2.45, 2.75) is 13.8 Å². The van der Waals surface area contributed by atoms with E-state index in [1.54, 1.807) is 41.6 Å². The molecule has 0 bridgehead atoms. The second-order valence-corrected chi connectivity index (χ2v) is 7.41. The number of hydrogen-bond donors (Lipinski definition) is 0. The lowest BCUT2D eigenvalue weighted by Gasteiger charge is -2.15. The summed E-state index contributed by atoms with van der Waals surface area (Å²) in [5.41, 5.74) is 3.26. The van der Waals surface area contributed by atoms with E-state index < -0.39 is 0 Å². The smallest absolute Gasteiger partial charge is 0.265 e. The summed E-state index contributed by atoms with van der Waals surface area (Å²) in [6.07, 6.45) is 3.56. The van der Waals surface area contributed by atoms with Crippen molar-refractivity contribution in [1.82, 2.24) is 14.3 Å². The van der Waals surface area contributed by atoms with Crippen LogP contribution >= 0.6 is 0 Å². The van der Waals surface area contributed by atoms with E-state index in [1.807, 2.05) is 50.5 Å². The molecule has 4 rings (SSSR count). The average Bonchev–Trinajstić information content (AvgIpc) is 3.19. The first kappa shape index (κ1) is 22.0. The third-order valence-electron chi connectivity index (χ3n) is 5.22. The van der Waals surface area contributed by atoms with Crippen LogP contribution in [0.3, 0.4) is 0 Å². The lowest BCUT2D eigenvalue weighted by atomic mass is 10.0. The summed E-state index contributed by atoms with van der Waals surface area (Å²) in [6, 6.07) is 12.9. The SMILES string of the molecule is C=Nc1cn(-c2ccc3nn(C)cc3c2)c(=O)c(-c2ccc(OC)cc2)c1N=C(C)OCC. The van der Waals surface area contributed by atoms with Gasteiger partial charge in [-0.2, -0.15) is 5.10 Å². The van der Waals surface area contributed by atoms with E-state index in [0.29, 0.717) is 46.4 Å². The number of rotatable bonds is 6. The number of benzene rings is 2. The number of aromatic nitrogens is 3. The predicted octanol–water partition coefficient (Wildman–Crippen LogP) is 4.82. The van der Waals surface area contributed by atoms with Crippen molar-refractivity contribution in [2.24, 2.45) is 17.0 Å². The fourth-order valence-corrected chi connectivity index (χ4v) is 3.72. The summed E-state index contributed by atoms with van der Waals surface area (Å²) in [5.74, 6) is 1.13. The molecule has 0 aliphatic heterocycles. The summed E-state index contributed by atoms with van der Waals surface area (Å²) < 4.78 is 14.1. The maximum atomic E-state index is 13.8. The number of aliphatic imine (C=N–C) groups is 2. The van der Waals surface area contributed by atoms with Crippen LogP contribution in [0, 0.1) is 0 Å². The molecule has 168 valence electrons. The van der Waals surface area contributed by atoms with Crippen molar-refractivity contribution in [2.75, 3.05) is 13.7 Å². The van der Waals surface area contributed by atoms with E-state index in [0.717, 1.165) is 10.9 Å². The Morgan fingerprint density at radius 3 is 2.58 bits per heavy atom. The molecule has 0 aliphatic carbocycles. The van der Waals surface area contributed by atoms with Crippen molar-refractivity contribution in [1.29, 1.82) is 0 Å². The summed E-state index contributed by atoms with van der Waals surface area (Å²) in [4.78, 5) is 22.6. The van der Waals surface area contributed by atoms with Crippen LogP contribution in [0.5, 0.6) is 5.75 Å². The number of methoxy groups -OCH3 is 1. The van der Waals surface area contributed by atoms with Crippen molar-refractivity contribution in [3.63, 3.8) is 0 Å². The van der Waals surface area contributed by atoms with Gasteiger partial charge in [-0.25, -0.2) is 4.99 Å². The first-order valence-corrected chi connectivity index (χ1v) is 10.5. The Hall–Kier alpha value is -4.20. The van der Waals surface area contributed by atoms with Gasteiger partial charge >= 0.3 is 0 Å². The van der Waals surface area contributed by atoms with Crippen LogP contribution in [0.15, 0.2) is 69.6 Å². The molecule has 0 saturated heterocycles. The van der Waals surface area contributed by atoms with E-state index >= 15 is 0 Å². The zero-order chi connectivity index (χ0) is 23.5. The fraction of sp³-hybridized carbons (Fsp3) is 0.200. The fourth-order valence-electron chi connectivity index (χ4n) is 3.72. The van der Waals surface area contributed by atoms with Gasteiger partial charge in [-0.1, -0.05) is 12.1 Å². The minimum atomic E-state index is -0.237. The summed E-state index contributed by atoms with van der Waals surface area (Å²) in [7, 11) is 3.46. The van der Waals surface area contributed by atoms with Gasteiger partial charge in [0.1, 0.15) is 17.1 Å². The Kier molecular flexibility index (Phi) is 6.08. The molecule has 2 heterocycles. The normalized spacial score (nSPS) is 11.6. The number of pyridine rings is 1. The highest BCUT2D eigenvalue weighted by molar-refractivity contribution is 5.89. The minimum absolute atomic E-state index is 0.237. The molecule has 0 radical (unpaired) electrons. The van der Waals surface area contributed by atoms with Gasteiger partial charge in [-0.05, 0) is 49.5 Å². The number of fused-ring (bicyclic) bond motifs is 1. The summed E-state index contributed by atoms with van der Waals surface area (Å²) in [5, 5.41) is 5.33. The van der Waals surface area contributed by atoms with Gasteiger partial charge in [-0.3, -0.25) is 19.0 Å². The molecule has 33 heavy (non-hydrogen) atoms. The van der Waals surface area contributed by atoms with Gasteiger partial charge in [0.2, 0.25) is 0 Å². The third kappa shape index (κ3) is 4.27. The molecule has 0 atom stereocenters. The Morgan fingerprint density at radius 1 is 1.15 bits per heavy atom. The second-order valence-electron chi connectivity index (χ2n) is 7.41. The van der Waals surface area contributed by atoms with Gasteiger partial charge in [0.25, 0.3) is 5.56 Å². The van der Waals surface area contributed by atoms with Crippen molar-refractivity contribution in [3.05, 3.63) is 65.2 Å². The minimum Gasteiger partial charge on any atom is -0.497 e. The highest BCUT2D eigenvalue weighted by Gasteiger charge is 2.19. The number of hydrogen-bond acceptors (Lipinski definition) is 6. The highest BCUT2D eigenvalue weighted by Crippen LogP contribution is 2.37. The van der Waals surface area contributed by atoms with E-state index in [2.05, 4.69) is 21.8 Å². The zero-order valence-electron chi connectivity index (χ0n) is 19.1. The van der Waals surface area contributed by atoms with Crippen LogP contribution in [-0.2, 0) is 11.8 Å². The van der Waals surface area contributed by atoms with Gasteiger partial charge in [-0.15, -0.1) is 0 Å². The highest BCUT2D eigenvalue weighted by atomic mass is 16.5. The Balaban J connectivity index is 2.01. The molecular weight excluding hydrogens is 418 g/mol. The Morgan fingerprint density at radius 2 is 1.91 bits per heavy atom. The first-order chi connectivity index (χ1) is 15.9. The van der Waals surface area contributed by atoms with Crippen LogP contribution in [0.4, 0.5) is 11.4 Å². The number of ether oxygens (including phenoxy) is 2. The van der Waals surface area contributed by atoms with Crippen LogP contribution in [0.2, 0.25) is 0 Å². The average molecular weight is 444 g/mol. The molecule has 0 amide bonds. The molecule has 0 saturated carbocycles. The number of aryl methyl sites for hydroxylation is 1. The monoisotopic (exact) mass is 443 g/mol. The second kappa shape index (κ2) is 9.12. The van der Waals surface area contributed by atoms with Crippen molar-refractivity contribution < 1.29 is 9.47 Å². The first-order valence-electron chi connectivity index (χ1n) is 10.5. The lowest BCUT2D eigenvalue weighted by Crippen LogP contribution is -2.20. The maximum Gasteiger partial charge on any atom is 0.265 e. The molecule has 0 unspecified atom stereocenters. The third-order valence-corrected chi connectivity index (χ3v) is 5.22. The summed E-state index contributed by atoms with van der Waals surface area (Å²) >= 11 is 0. The Bertz CT molecular complexity index is 1410. The predicted molar refractivity (Wildman–Crippen MR) is 132 cm³/mol. The van der Waals surface area contributed by atoms with Gasteiger partial charge in [0, 0.05) is 37.4 Å². The lowest BCUT2D eigenvalue weighted by molar-refractivity contribution is 0.325. The van der Waals surface area contributed by atoms with Crippen molar-refractivity contribution >= 4 is 34.9 Å². The van der Waals surface area contributed by atoms with E-state index in [1.165, 1.54) is 0 Å². The maximum absolute atomic E-state index is 13.8. The van der Waals surface area contributed by atoms with Crippen LogP contribution in [0.1, 0.15) is 13.8 Å². The molecule has 2 aromatic heterocycles.